The van der Waals surface area contributed by atoms with Gasteiger partial charge < -0.3 is 10.2 Å². The van der Waals surface area contributed by atoms with Crippen LogP contribution in [0.3, 0.4) is 0 Å². The van der Waals surface area contributed by atoms with Crippen LogP contribution in [0.5, 0.6) is 0 Å². The summed E-state index contributed by atoms with van der Waals surface area (Å²) in [5.41, 5.74) is 1.91. The van der Waals surface area contributed by atoms with Crippen LogP contribution in [0.2, 0.25) is 10.0 Å². The molecular weight excluding hydrogens is 509 g/mol. The van der Waals surface area contributed by atoms with Crippen LogP contribution in [0, 0.1) is 12.8 Å². The van der Waals surface area contributed by atoms with Crippen molar-refractivity contribution in [2.45, 2.75) is 46.7 Å². The highest BCUT2D eigenvalue weighted by Gasteiger charge is 2.31. The topological polar surface area (TPSA) is 86.8 Å². The van der Waals surface area contributed by atoms with E-state index in [9.17, 15) is 18.0 Å². The van der Waals surface area contributed by atoms with E-state index in [4.69, 9.17) is 23.2 Å². The Bertz CT molecular complexity index is 1160. The van der Waals surface area contributed by atoms with Gasteiger partial charge in [0.1, 0.15) is 12.6 Å². The zero-order valence-electron chi connectivity index (χ0n) is 20.7. The molecule has 0 radical (unpaired) electrons. The van der Waals surface area contributed by atoms with Gasteiger partial charge in [-0.1, -0.05) is 62.2 Å². The van der Waals surface area contributed by atoms with Crippen molar-refractivity contribution in [2.24, 2.45) is 5.92 Å². The fourth-order valence-corrected chi connectivity index (χ4v) is 4.74. The number of sulfonamides is 1. The molecule has 0 saturated carbocycles. The molecule has 2 amide bonds. The summed E-state index contributed by atoms with van der Waals surface area (Å²) >= 11 is 12.2. The molecule has 0 heterocycles. The van der Waals surface area contributed by atoms with Crippen LogP contribution in [-0.2, 0) is 26.2 Å². The Balaban J connectivity index is 2.44. The van der Waals surface area contributed by atoms with Gasteiger partial charge in [-0.15, -0.1) is 0 Å². The number of hydrogen-bond donors (Lipinski definition) is 1. The highest BCUT2D eigenvalue weighted by atomic mass is 35.5. The number of carbonyl (C=O) groups excluding carboxylic acids is 2. The summed E-state index contributed by atoms with van der Waals surface area (Å²) in [5, 5.41) is 3.58. The van der Waals surface area contributed by atoms with Gasteiger partial charge >= 0.3 is 0 Å². The standard InChI is InChI=1S/C25H33Cl2N3O4S/c1-6-23(25(32)28-14-17(2)3)29(15-19-10-11-21(26)22(27)13-19)24(31)16-30(35(5,33)34)20-9-7-8-18(4)12-20/h7-13,17,23H,6,14-16H2,1-5H3,(H,28,32). The molecule has 0 aromatic heterocycles. The Morgan fingerprint density at radius 3 is 2.29 bits per heavy atom. The summed E-state index contributed by atoms with van der Waals surface area (Å²) in [6, 6.07) is 11.1. The summed E-state index contributed by atoms with van der Waals surface area (Å²) in [4.78, 5) is 28.1. The summed E-state index contributed by atoms with van der Waals surface area (Å²) in [7, 11) is -3.78. The second kappa shape index (κ2) is 12.6. The molecule has 192 valence electrons. The second-order valence-corrected chi connectivity index (χ2v) is 11.7. The lowest BCUT2D eigenvalue weighted by Crippen LogP contribution is -2.52. The van der Waals surface area contributed by atoms with Crippen LogP contribution in [-0.4, -0.2) is 50.5 Å². The van der Waals surface area contributed by atoms with Crippen LogP contribution in [0.4, 0.5) is 5.69 Å². The van der Waals surface area contributed by atoms with E-state index in [1.54, 1.807) is 36.4 Å². The Kier molecular flexibility index (Phi) is 10.4. The van der Waals surface area contributed by atoms with Gasteiger partial charge in [0.15, 0.2) is 0 Å². The number of anilines is 1. The Morgan fingerprint density at radius 1 is 1.06 bits per heavy atom. The fourth-order valence-electron chi connectivity index (χ4n) is 3.57. The SMILES string of the molecule is CCC(C(=O)NCC(C)C)N(Cc1ccc(Cl)c(Cl)c1)C(=O)CN(c1cccc(C)c1)S(C)(=O)=O. The maximum Gasteiger partial charge on any atom is 0.244 e. The van der Waals surface area contributed by atoms with E-state index in [1.165, 1.54) is 4.90 Å². The minimum absolute atomic E-state index is 0.0642. The van der Waals surface area contributed by atoms with Crippen molar-refractivity contribution in [2.75, 3.05) is 23.7 Å². The summed E-state index contributed by atoms with van der Waals surface area (Å²) in [6.45, 7) is 7.69. The monoisotopic (exact) mass is 541 g/mol. The number of amides is 2. The van der Waals surface area contributed by atoms with Gasteiger partial charge in [0, 0.05) is 13.1 Å². The van der Waals surface area contributed by atoms with Gasteiger partial charge in [-0.25, -0.2) is 8.42 Å². The number of nitrogens with one attached hydrogen (secondary N) is 1. The molecule has 2 aromatic carbocycles. The van der Waals surface area contributed by atoms with E-state index < -0.39 is 28.5 Å². The van der Waals surface area contributed by atoms with Crippen molar-refractivity contribution in [3.63, 3.8) is 0 Å². The number of carbonyl (C=O) groups is 2. The van der Waals surface area contributed by atoms with E-state index >= 15 is 0 Å². The number of benzene rings is 2. The lowest BCUT2D eigenvalue weighted by molar-refractivity contribution is -0.140. The molecule has 7 nitrogen and oxygen atoms in total. The van der Waals surface area contributed by atoms with Crippen molar-refractivity contribution < 1.29 is 18.0 Å². The van der Waals surface area contributed by atoms with Gasteiger partial charge in [0.05, 0.1) is 22.0 Å². The van der Waals surface area contributed by atoms with Crippen molar-refractivity contribution in [3.05, 3.63) is 63.6 Å². The molecule has 2 aromatic rings. The molecule has 35 heavy (non-hydrogen) atoms. The van der Waals surface area contributed by atoms with Gasteiger partial charge in [-0.3, -0.25) is 13.9 Å². The molecule has 0 aliphatic rings. The zero-order chi connectivity index (χ0) is 26.3. The van der Waals surface area contributed by atoms with Crippen LogP contribution in [0.15, 0.2) is 42.5 Å². The zero-order valence-corrected chi connectivity index (χ0v) is 23.0. The normalized spacial score (nSPS) is 12.3. The highest BCUT2D eigenvalue weighted by molar-refractivity contribution is 7.92. The van der Waals surface area contributed by atoms with Gasteiger partial charge in [-0.2, -0.15) is 0 Å². The number of hydrogen-bond acceptors (Lipinski definition) is 4. The molecule has 0 fully saturated rings. The van der Waals surface area contributed by atoms with E-state index in [0.717, 1.165) is 16.1 Å². The van der Waals surface area contributed by atoms with Crippen molar-refractivity contribution in [1.82, 2.24) is 10.2 Å². The molecule has 0 saturated heterocycles. The maximum absolute atomic E-state index is 13.6. The second-order valence-electron chi connectivity index (χ2n) is 8.94. The third-order valence-electron chi connectivity index (χ3n) is 5.38. The Hall–Kier alpha value is -2.29. The molecule has 1 unspecified atom stereocenters. The number of nitrogens with zero attached hydrogens (tertiary/aromatic N) is 2. The average Bonchev–Trinajstić information content (AvgIpc) is 2.77. The molecule has 10 heteroatoms. The molecule has 0 spiro atoms. The van der Waals surface area contributed by atoms with Crippen molar-refractivity contribution in [1.29, 1.82) is 0 Å². The molecule has 0 bridgehead atoms. The summed E-state index contributed by atoms with van der Waals surface area (Å²) in [6.07, 6.45) is 1.40. The maximum atomic E-state index is 13.6. The van der Waals surface area contributed by atoms with Gasteiger partial charge in [0.25, 0.3) is 0 Å². The van der Waals surface area contributed by atoms with Crippen molar-refractivity contribution >= 4 is 50.7 Å². The highest BCUT2D eigenvalue weighted by Crippen LogP contribution is 2.25. The minimum atomic E-state index is -3.78. The fraction of sp³-hybridized carbons (Fsp3) is 0.440. The lowest BCUT2D eigenvalue weighted by Gasteiger charge is -2.33. The Morgan fingerprint density at radius 2 is 1.74 bits per heavy atom. The summed E-state index contributed by atoms with van der Waals surface area (Å²) in [5.74, 6) is -0.566. The van der Waals surface area contributed by atoms with Gasteiger partial charge in [0.2, 0.25) is 21.8 Å². The molecule has 0 aliphatic heterocycles. The van der Waals surface area contributed by atoms with Crippen LogP contribution in [0.25, 0.3) is 0 Å². The predicted octanol–water partition coefficient (Wildman–Crippen LogP) is 4.65. The average molecular weight is 543 g/mol. The quantitative estimate of drug-likeness (QED) is 0.448. The van der Waals surface area contributed by atoms with Gasteiger partial charge in [-0.05, 0) is 54.7 Å². The molecule has 1 N–H and O–H groups in total. The molecular formula is C25H33Cl2N3O4S. The first-order valence-electron chi connectivity index (χ1n) is 11.4. The molecule has 1 atom stereocenters. The van der Waals surface area contributed by atoms with E-state index in [0.29, 0.717) is 34.3 Å². The predicted molar refractivity (Wildman–Crippen MR) is 142 cm³/mol. The smallest absolute Gasteiger partial charge is 0.244 e. The first kappa shape index (κ1) is 28.9. The lowest BCUT2D eigenvalue weighted by atomic mass is 10.1. The van der Waals surface area contributed by atoms with E-state index in [-0.39, 0.29) is 18.4 Å². The van der Waals surface area contributed by atoms with Crippen LogP contribution in [0.1, 0.15) is 38.3 Å². The minimum Gasteiger partial charge on any atom is -0.354 e. The number of aryl methyl sites for hydroxylation is 1. The summed E-state index contributed by atoms with van der Waals surface area (Å²) < 4.78 is 26.3. The number of rotatable bonds is 11. The van der Waals surface area contributed by atoms with E-state index in [2.05, 4.69) is 5.32 Å². The van der Waals surface area contributed by atoms with Crippen LogP contribution >= 0.6 is 23.2 Å². The van der Waals surface area contributed by atoms with Crippen LogP contribution < -0.4 is 9.62 Å². The molecule has 0 aliphatic carbocycles. The first-order chi connectivity index (χ1) is 16.3. The third-order valence-corrected chi connectivity index (χ3v) is 7.26. The first-order valence-corrected chi connectivity index (χ1v) is 14.0. The van der Waals surface area contributed by atoms with E-state index in [1.807, 2.05) is 33.8 Å². The Labute approximate surface area is 218 Å². The number of halogens is 2. The van der Waals surface area contributed by atoms with Crippen molar-refractivity contribution in [3.8, 4) is 0 Å². The third kappa shape index (κ3) is 8.40. The molecule has 2 rings (SSSR count). The largest absolute Gasteiger partial charge is 0.354 e.